The molecule has 0 amide bonds. The molecule has 4 aliphatic rings. The number of hydrogen-bond acceptors (Lipinski definition) is 1. The van der Waals surface area contributed by atoms with E-state index in [4.69, 9.17) is 0 Å². The minimum absolute atomic E-state index is 0.364. The molecular weight excluding hydrogens is 467 g/mol. The van der Waals surface area contributed by atoms with Gasteiger partial charge < -0.3 is 5.11 Å². The van der Waals surface area contributed by atoms with Gasteiger partial charge in [0, 0.05) is 6.42 Å². The van der Waals surface area contributed by atoms with E-state index < -0.39 is 3.61 Å². The first-order valence-corrected chi connectivity index (χ1v) is 13.8. The highest BCUT2D eigenvalue weighted by Crippen LogP contribution is 2.68. The van der Waals surface area contributed by atoms with E-state index in [2.05, 4.69) is 63.3 Å². The molecule has 4 rings (SSSR count). The average Bonchev–Trinajstić information content (AvgIpc) is 2.99. The Balaban J connectivity index is 1.50. The highest BCUT2D eigenvalue weighted by molar-refractivity contribution is 14.1. The van der Waals surface area contributed by atoms with Crippen molar-refractivity contribution in [3.05, 3.63) is 11.6 Å². The van der Waals surface area contributed by atoms with Crippen LogP contribution in [0.4, 0.5) is 0 Å². The summed E-state index contributed by atoms with van der Waals surface area (Å²) in [6.07, 6.45) is 17.1. The molecule has 0 bridgehead atoms. The van der Waals surface area contributed by atoms with Gasteiger partial charge in [0.1, 0.15) is 3.61 Å². The van der Waals surface area contributed by atoms with E-state index in [0.717, 1.165) is 48.3 Å². The minimum Gasteiger partial charge on any atom is -0.379 e. The van der Waals surface area contributed by atoms with Crippen LogP contribution in [-0.2, 0) is 0 Å². The Morgan fingerprint density at radius 2 is 1.79 bits per heavy atom. The Morgan fingerprint density at radius 3 is 2.52 bits per heavy atom. The monoisotopic (exact) mass is 512 g/mol. The first-order valence-electron chi connectivity index (χ1n) is 12.7. The first kappa shape index (κ1) is 22.6. The van der Waals surface area contributed by atoms with Crippen LogP contribution >= 0.6 is 22.6 Å². The normalized spacial score (nSPS) is 47.9. The van der Waals surface area contributed by atoms with E-state index >= 15 is 0 Å². The van der Waals surface area contributed by atoms with Gasteiger partial charge in [0.05, 0.1) is 0 Å². The van der Waals surface area contributed by atoms with E-state index in [-0.39, 0.29) is 0 Å². The summed E-state index contributed by atoms with van der Waals surface area (Å²) < 4.78 is -0.497. The van der Waals surface area contributed by atoms with Crippen LogP contribution in [0.15, 0.2) is 11.6 Å². The number of hydrogen-bond donors (Lipinski definition) is 1. The van der Waals surface area contributed by atoms with Crippen molar-refractivity contribution < 1.29 is 5.11 Å². The molecule has 1 nitrogen and oxygen atoms in total. The second-order valence-corrected chi connectivity index (χ2v) is 14.4. The van der Waals surface area contributed by atoms with Crippen LogP contribution in [0.25, 0.3) is 0 Å². The standard InChI is InChI=1S/C27H45IO/c1-18(2)7-6-8-19(3)22-11-12-23-21-10-9-20-17-27(28,29)16-15-25(20,4)24(21)13-14-26(22,23)5/h9,18-19,21-24,29H,6-8,10-17H2,1-5H3. The molecule has 3 saturated carbocycles. The zero-order chi connectivity index (χ0) is 21.0. The van der Waals surface area contributed by atoms with Crippen molar-refractivity contribution in [2.24, 2.45) is 46.3 Å². The van der Waals surface area contributed by atoms with Crippen molar-refractivity contribution in [3.8, 4) is 0 Å². The van der Waals surface area contributed by atoms with E-state index in [9.17, 15) is 5.11 Å². The van der Waals surface area contributed by atoms with Crippen LogP contribution in [-0.4, -0.2) is 8.71 Å². The van der Waals surface area contributed by atoms with Crippen LogP contribution in [0.2, 0.25) is 0 Å². The molecule has 8 atom stereocenters. The third-order valence-electron chi connectivity index (χ3n) is 10.3. The van der Waals surface area contributed by atoms with Gasteiger partial charge >= 0.3 is 0 Å². The number of aliphatic hydroxyl groups is 1. The van der Waals surface area contributed by atoms with Crippen molar-refractivity contribution in [1.82, 2.24) is 0 Å². The number of rotatable bonds is 5. The molecule has 0 aromatic carbocycles. The molecule has 0 heterocycles. The summed E-state index contributed by atoms with van der Waals surface area (Å²) in [4.78, 5) is 0. The van der Waals surface area contributed by atoms with Crippen LogP contribution < -0.4 is 0 Å². The fourth-order valence-corrected chi connectivity index (χ4v) is 9.31. The van der Waals surface area contributed by atoms with Crippen LogP contribution in [0.1, 0.15) is 105 Å². The Hall–Kier alpha value is 0.430. The van der Waals surface area contributed by atoms with Crippen molar-refractivity contribution >= 4 is 22.6 Å². The minimum atomic E-state index is -0.497. The molecule has 29 heavy (non-hydrogen) atoms. The van der Waals surface area contributed by atoms with Gasteiger partial charge in [0.25, 0.3) is 0 Å². The van der Waals surface area contributed by atoms with Gasteiger partial charge in [-0.25, -0.2) is 0 Å². The van der Waals surface area contributed by atoms with E-state index in [1.807, 2.05) is 0 Å². The van der Waals surface area contributed by atoms with Crippen LogP contribution in [0.3, 0.4) is 0 Å². The van der Waals surface area contributed by atoms with Gasteiger partial charge in [-0.05, 0) is 114 Å². The number of alkyl halides is 1. The molecule has 1 N–H and O–H groups in total. The van der Waals surface area contributed by atoms with Crippen molar-refractivity contribution in [1.29, 1.82) is 0 Å². The van der Waals surface area contributed by atoms with Gasteiger partial charge in [0.2, 0.25) is 0 Å². The predicted molar refractivity (Wildman–Crippen MR) is 132 cm³/mol. The molecule has 0 saturated heterocycles. The van der Waals surface area contributed by atoms with Gasteiger partial charge in [-0.3, -0.25) is 0 Å². The van der Waals surface area contributed by atoms with Crippen molar-refractivity contribution in [3.63, 3.8) is 0 Å². The Kier molecular flexibility index (Phi) is 6.31. The first-order chi connectivity index (χ1) is 13.6. The second-order valence-electron chi connectivity index (χ2n) is 12.4. The van der Waals surface area contributed by atoms with Gasteiger partial charge in [0.15, 0.2) is 0 Å². The van der Waals surface area contributed by atoms with Crippen molar-refractivity contribution in [2.75, 3.05) is 0 Å². The molecule has 2 heteroatoms. The molecule has 0 radical (unpaired) electrons. The predicted octanol–water partition coefficient (Wildman–Crippen LogP) is 8.15. The third kappa shape index (κ3) is 4.00. The molecule has 4 aliphatic carbocycles. The lowest BCUT2D eigenvalue weighted by molar-refractivity contribution is -0.0586. The summed E-state index contributed by atoms with van der Waals surface area (Å²) in [5.41, 5.74) is 2.55. The molecule has 8 unspecified atom stereocenters. The highest BCUT2D eigenvalue weighted by Gasteiger charge is 2.59. The number of fused-ring (bicyclic) bond motifs is 5. The van der Waals surface area contributed by atoms with Crippen LogP contribution in [0, 0.1) is 46.3 Å². The summed E-state index contributed by atoms with van der Waals surface area (Å²) in [5, 5.41) is 10.7. The molecule has 0 aliphatic heterocycles. The SMILES string of the molecule is CC(C)CCCC(C)C1CCC2C3CC=C4CC(O)(I)CCC4(C)C3CCC12C. The zero-order valence-electron chi connectivity index (χ0n) is 19.6. The number of allylic oxidation sites excluding steroid dienone is 1. The third-order valence-corrected chi connectivity index (χ3v) is 11.2. The topological polar surface area (TPSA) is 20.2 Å². The summed E-state index contributed by atoms with van der Waals surface area (Å²) in [5.74, 6) is 5.40. The van der Waals surface area contributed by atoms with E-state index in [1.54, 1.807) is 5.57 Å². The maximum absolute atomic E-state index is 10.7. The fourth-order valence-electron chi connectivity index (χ4n) is 8.63. The van der Waals surface area contributed by atoms with Gasteiger partial charge in [-0.2, -0.15) is 0 Å². The lowest BCUT2D eigenvalue weighted by Gasteiger charge is -2.59. The summed E-state index contributed by atoms with van der Waals surface area (Å²) in [6.45, 7) is 12.6. The summed E-state index contributed by atoms with van der Waals surface area (Å²) >= 11 is 2.30. The van der Waals surface area contributed by atoms with Gasteiger partial charge in [-0.1, -0.05) is 65.5 Å². The van der Waals surface area contributed by atoms with E-state index in [0.29, 0.717) is 10.8 Å². The second kappa shape index (κ2) is 8.09. The van der Waals surface area contributed by atoms with E-state index in [1.165, 1.54) is 57.8 Å². The lowest BCUT2D eigenvalue weighted by Crippen LogP contribution is -2.51. The molecule has 0 spiro atoms. The Bertz CT molecular complexity index is 636. The summed E-state index contributed by atoms with van der Waals surface area (Å²) in [7, 11) is 0. The molecular formula is C27H45IO. The maximum Gasteiger partial charge on any atom is 0.119 e. The maximum atomic E-state index is 10.7. The molecule has 3 fully saturated rings. The van der Waals surface area contributed by atoms with Crippen molar-refractivity contribution in [2.45, 2.75) is 109 Å². The fraction of sp³-hybridized carbons (Fsp3) is 0.926. The Labute approximate surface area is 194 Å². The lowest BCUT2D eigenvalue weighted by atomic mass is 9.47. The Morgan fingerprint density at radius 1 is 1.03 bits per heavy atom. The highest BCUT2D eigenvalue weighted by atomic mass is 127. The molecule has 166 valence electrons. The average molecular weight is 513 g/mol. The molecule has 0 aromatic rings. The smallest absolute Gasteiger partial charge is 0.119 e. The van der Waals surface area contributed by atoms with Gasteiger partial charge in [-0.15, -0.1) is 0 Å². The quantitative estimate of drug-likeness (QED) is 0.224. The van der Waals surface area contributed by atoms with Crippen LogP contribution in [0.5, 0.6) is 0 Å². The zero-order valence-corrected chi connectivity index (χ0v) is 21.8. The largest absolute Gasteiger partial charge is 0.379 e. The summed E-state index contributed by atoms with van der Waals surface area (Å²) in [6, 6.07) is 0. The number of halogens is 1. The molecule has 0 aromatic heterocycles.